The number of hydrogen-bond acceptors (Lipinski definition) is 4. The maximum Gasteiger partial charge on any atom is 0.283 e. The van der Waals surface area contributed by atoms with Crippen molar-refractivity contribution in [1.82, 2.24) is 19.9 Å². The number of fused-ring (bicyclic) bond motifs is 1. The van der Waals surface area contributed by atoms with Gasteiger partial charge in [0.15, 0.2) is 11.3 Å². The summed E-state index contributed by atoms with van der Waals surface area (Å²) in [6.45, 7) is 5.20. The van der Waals surface area contributed by atoms with Crippen molar-refractivity contribution in [3.8, 4) is 0 Å². The van der Waals surface area contributed by atoms with E-state index in [1.165, 1.54) is 19.3 Å². The van der Waals surface area contributed by atoms with E-state index in [0.717, 1.165) is 12.8 Å². The van der Waals surface area contributed by atoms with Crippen molar-refractivity contribution in [1.29, 1.82) is 0 Å². The second kappa shape index (κ2) is 7.76. The van der Waals surface area contributed by atoms with Gasteiger partial charge in [-0.3, -0.25) is 14.2 Å². The molecule has 0 radical (unpaired) electrons. The molecule has 1 fully saturated rings. The Balaban J connectivity index is 1.88. The highest BCUT2D eigenvalue weighted by Crippen LogP contribution is 2.22. The zero-order chi connectivity index (χ0) is 17.8. The SMILES string of the molecule is CC(C)Cn1c(=O)c(C(=O)NCC2CCCCC2)nc2cccnc21. The summed E-state index contributed by atoms with van der Waals surface area (Å²) in [7, 11) is 0. The number of rotatable bonds is 5. The van der Waals surface area contributed by atoms with Crippen LogP contribution in [-0.2, 0) is 6.54 Å². The Bertz CT molecular complexity index is 807. The minimum atomic E-state index is -0.376. The van der Waals surface area contributed by atoms with Crippen molar-refractivity contribution < 1.29 is 4.79 Å². The number of hydrogen-bond donors (Lipinski definition) is 1. The first-order chi connectivity index (χ1) is 12.1. The number of nitrogens with one attached hydrogen (secondary N) is 1. The van der Waals surface area contributed by atoms with Crippen molar-refractivity contribution in [2.75, 3.05) is 6.54 Å². The maximum atomic E-state index is 12.8. The molecule has 2 aromatic heterocycles. The standard InChI is InChI=1S/C19H26N4O2/c1-13(2)12-23-17-15(9-6-10-20-17)22-16(19(23)25)18(24)21-11-14-7-4-3-5-8-14/h6,9-10,13-14H,3-5,7-8,11-12H2,1-2H3,(H,21,24). The summed E-state index contributed by atoms with van der Waals surface area (Å²) >= 11 is 0. The van der Waals surface area contributed by atoms with Crippen LogP contribution in [0.3, 0.4) is 0 Å². The lowest BCUT2D eigenvalue weighted by atomic mass is 9.89. The van der Waals surface area contributed by atoms with Crippen LogP contribution in [0.1, 0.15) is 56.4 Å². The number of amides is 1. The Labute approximate surface area is 147 Å². The van der Waals surface area contributed by atoms with Gasteiger partial charge in [0.25, 0.3) is 11.5 Å². The molecule has 0 saturated heterocycles. The van der Waals surface area contributed by atoms with Crippen molar-refractivity contribution >= 4 is 17.1 Å². The number of aromatic nitrogens is 3. The molecule has 1 N–H and O–H groups in total. The maximum absolute atomic E-state index is 12.8. The summed E-state index contributed by atoms with van der Waals surface area (Å²) in [6, 6.07) is 3.56. The fourth-order valence-corrected chi connectivity index (χ4v) is 3.47. The Hall–Kier alpha value is -2.24. The van der Waals surface area contributed by atoms with Crippen LogP contribution in [0.25, 0.3) is 11.2 Å². The van der Waals surface area contributed by atoms with E-state index in [1.54, 1.807) is 22.9 Å². The Morgan fingerprint density at radius 2 is 2.08 bits per heavy atom. The zero-order valence-corrected chi connectivity index (χ0v) is 15.0. The van der Waals surface area contributed by atoms with Gasteiger partial charge in [-0.25, -0.2) is 9.97 Å². The quantitative estimate of drug-likeness (QED) is 0.906. The van der Waals surface area contributed by atoms with E-state index in [4.69, 9.17) is 0 Å². The molecule has 3 rings (SSSR count). The van der Waals surface area contributed by atoms with E-state index in [0.29, 0.717) is 30.2 Å². The van der Waals surface area contributed by atoms with Crippen LogP contribution in [0.2, 0.25) is 0 Å². The van der Waals surface area contributed by atoms with Crippen molar-refractivity contribution in [3.05, 3.63) is 34.4 Å². The molecule has 0 spiro atoms. The van der Waals surface area contributed by atoms with Gasteiger partial charge in [0.05, 0.1) is 0 Å². The van der Waals surface area contributed by atoms with Crippen LogP contribution in [0.5, 0.6) is 0 Å². The first-order valence-corrected chi connectivity index (χ1v) is 9.20. The average molecular weight is 342 g/mol. The Morgan fingerprint density at radius 1 is 1.32 bits per heavy atom. The molecule has 1 aliphatic rings. The summed E-state index contributed by atoms with van der Waals surface area (Å²) in [6.07, 6.45) is 7.66. The predicted octanol–water partition coefficient (Wildman–Crippen LogP) is 2.76. The van der Waals surface area contributed by atoms with Crippen LogP contribution in [-0.4, -0.2) is 27.0 Å². The number of pyridine rings is 1. The second-order valence-electron chi connectivity index (χ2n) is 7.33. The van der Waals surface area contributed by atoms with E-state index in [2.05, 4.69) is 15.3 Å². The first-order valence-electron chi connectivity index (χ1n) is 9.20. The lowest BCUT2D eigenvalue weighted by Crippen LogP contribution is -2.37. The van der Waals surface area contributed by atoms with E-state index in [1.807, 2.05) is 13.8 Å². The molecule has 6 nitrogen and oxygen atoms in total. The molecule has 1 saturated carbocycles. The second-order valence-corrected chi connectivity index (χ2v) is 7.33. The molecule has 0 atom stereocenters. The third kappa shape index (κ3) is 4.06. The van der Waals surface area contributed by atoms with Crippen LogP contribution in [0.4, 0.5) is 0 Å². The highest BCUT2D eigenvalue weighted by Gasteiger charge is 2.20. The molecule has 0 aromatic carbocycles. The number of carbonyl (C=O) groups excluding carboxylic acids is 1. The summed E-state index contributed by atoms with van der Waals surface area (Å²) in [4.78, 5) is 34.0. The van der Waals surface area contributed by atoms with Gasteiger partial charge in [0.1, 0.15) is 5.52 Å². The molecule has 0 bridgehead atoms. The fourth-order valence-electron chi connectivity index (χ4n) is 3.47. The van der Waals surface area contributed by atoms with Crippen molar-refractivity contribution in [2.45, 2.75) is 52.5 Å². The lowest BCUT2D eigenvalue weighted by Gasteiger charge is -2.21. The van der Waals surface area contributed by atoms with Gasteiger partial charge in [0.2, 0.25) is 0 Å². The van der Waals surface area contributed by atoms with Crippen LogP contribution < -0.4 is 10.9 Å². The molecule has 1 aliphatic carbocycles. The zero-order valence-electron chi connectivity index (χ0n) is 15.0. The summed E-state index contributed by atoms with van der Waals surface area (Å²) < 4.78 is 1.57. The smallest absolute Gasteiger partial charge is 0.283 e. The fraction of sp³-hybridized carbons (Fsp3) is 0.579. The van der Waals surface area contributed by atoms with Gasteiger partial charge >= 0.3 is 0 Å². The lowest BCUT2D eigenvalue weighted by molar-refractivity contribution is 0.0936. The van der Waals surface area contributed by atoms with Crippen molar-refractivity contribution in [2.24, 2.45) is 11.8 Å². The average Bonchev–Trinajstić information content (AvgIpc) is 2.62. The Kier molecular flexibility index (Phi) is 5.46. The number of carbonyl (C=O) groups is 1. The van der Waals surface area contributed by atoms with E-state index in [-0.39, 0.29) is 23.1 Å². The summed E-state index contributed by atoms with van der Waals surface area (Å²) in [5, 5.41) is 2.92. The van der Waals surface area contributed by atoms with Gasteiger partial charge in [-0.05, 0) is 36.8 Å². The minimum absolute atomic E-state index is 0.0306. The molecule has 2 aromatic rings. The van der Waals surface area contributed by atoms with Gasteiger partial charge in [0, 0.05) is 19.3 Å². The monoisotopic (exact) mass is 342 g/mol. The van der Waals surface area contributed by atoms with Gasteiger partial charge in [-0.1, -0.05) is 33.1 Å². The largest absolute Gasteiger partial charge is 0.350 e. The highest BCUT2D eigenvalue weighted by molar-refractivity contribution is 5.93. The third-order valence-electron chi connectivity index (χ3n) is 4.74. The molecule has 25 heavy (non-hydrogen) atoms. The van der Waals surface area contributed by atoms with Crippen LogP contribution in [0, 0.1) is 11.8 Å². The number of nitrogens with zero attached hydrogens (tertiary/aromatic N) is 3. The molecule has 1 amide bonds. The highest BCUT2D eigenvalue weighted by atomic mass is 16.2. The van der Waals surface area contributed by atoms with Crippen molar-refractivity contribution in [3.63, 3.8) is 0 Å². The molecular weight excluding hydrogens is 316 g/mol. The molecule has 0 aliphatic heterocycles. The van der Waals surface area contributed by atoms with E-state index < -0.39 is 0 Å². The summed E-state index contributed by atoms with van der Waals surface area (Å²) in [5.74, 6) is 0.403. The molecular formula is C19H26N4O2. The topological polar surface area (TPSA) is 76.9 Å². The third-order valence-corrected chi connectivity index (χ3v) is 4.74. The first kappa shape index (κ1) is 17.6. The molecule has 134 valence electrons. The van der Waals surface area contributed by atoms with Gasteiger partial charge in [-0.2, -0.15) is 0 Å². The van der Waals surface area contributed by atoms with Crippen LogP contribution in [0.15, 0.2) is 23.1 Å². The van der Waals surface area contributed by atoms with Crippen LogP contribution >= 0.6 is 0 Å². The van der Waals surface area contributed by atoms with E-state index >= 15 is 0 Å². The summed E-state index contributed by atoms with van der Waals surface area (Å²) in [5.41, 5.74) is 0.716. The predicted molar refractivity (Wildman–Crippen MR) is 97.5 cm³/mol. The van der Waals surface area contributed by atoms with Gasteiger partial charge < -0.3 is 5.32 Å². The Morgan fingerprint density at radius 3 is 2.80 bits per heavy atom. The molecule has 0 unspecified atom stereocenters. The minimum Gasteiger partial charge on any atom is -0.350 e. The normalized spacial score (nSPS) is 15.6. The van der Waals surface area contributed by atoms with Gasteiger partial charge in [-0.15, -0.1) is 0 Å². The van der Waals surface area contributed by atoms with E-state index in [9.17, 15) is 9.59 Å². The molecule has 6 heteroatoms. The molecule has 2 heterocycles.